The second-order valence-electron chi connectivity index (χ2n) is 4.98. The predicted molar refractivity (Wildman–Crippen MR) is 59.7 cm³/mol. The minimum atomic E-state index is -0.0505. The summed E-state index contributed by atoms with van der Waals surface area (Å²) in [5.74, 6) is -0.0505. The maximum absolute atomic E-state index is 11.6. The summed E-state index contributed by atoms with van der Waals surface area (Å²) in [7, 11) is 0. The molecule has 0 saturated heterocycles. The first-order valence-corrected chi connectivity index (χ1v) is 5.18. The van der Waals surface area contributed by atoms with Gasteiger partial charge in [-0.15, -0.1) is 0 Å². The van der Waals surface area contributed by atoms with E-state index in [-0.39, 0.29) is 11.3 Å². The molecular weight excluding hydrogens is 190 g/mol. The third kappa shape index (κ3) is 3.73. The number of aromatic amines is 1. The monoisotopic (exact) mass is 209 g/mol. The molecule has 1 aromatic heterocycles. The number of amides is 1. The SMILES string of the molecule is Cc1[nH]ncc1C(=O)NCCC(C)(C)C. The largest absolute Gasteiger partial charge is 0.352 e. The van der Waals surface area contributed by atoms with Gasteiger partial charge in [0.05, 0.1) is 11.8 Å². The maximum Gasteiger partial charge on any atom is 0.254 e. The zero-order chi connectivity index (χ0) is 11.5. The number of aromatic nitrogens is 2. The molecular formula is C11H19N3O. The Balaban J connectivity index is 2.41. The summed E-state index contributed by atoms with van der Waals surface area (Å²) in [5, 5.41) is 9.44. The second kappa shape index (κ2) is 4.47. The standard InChI is InChI=1S/C11H19N3O/c1-8-9(7-13-14-8)10(15)12-6-5-11(2,3)4/h7H,5-6H2,1-4H3,(H,12,15)(H,13,14). The van der Waals surface area contributed by atoms with Crippen molar-refractivity contribution in [3.63, 3.8) is 0 Å². The molecule has 0 unspecified atom stereocenters. The topological polar surface area (TPSA) is 57.8 Å². The van der Waals surface area contributed by atoms with E-state index in [9.17, 15) is 4.79 Å². The maximum atomic E-state index is 11.6. The zero-order valence-corrected chi connectivity index (χ0v) is 9.85. The van der Waals surface area contributed by atoms with Crippen LogP contribution in [-0.2, 0) is 0 Å². The summed E-state index contributed by atoms with van der Waals surface area (Å²) in [4.78, 5) is 11.6. The molecule has 1 amide bonds. The van der Waals surface area contributed by atoms with Crippen LogP contribution in [0.4, 0.5) is 0 Å². The van der Waals surface area contributed by atoms with Crippen LogP contribution in [-0.4, -0.2) is 22.6 Å². The number of carbonyl (C=O) groups is 1. The van der Waals surface area contributed by atoms with E-state index in [0.717, 1.165) is 12.1 Å². The molecule has 84 valence electrons. The summed E-state index contributed by atoms with van der Waals surface area (Å²) >= 11 is 0. The van der Waals surface area contributed by atoms with Crippen LogP contribution in [0.5, 0.6) is 0 Å². The van der Waals surface area contributed by atoms with Gasteiger partial charge in [-0.05, 0) is 18.8 Å². The van der Waals surface area contributed by atoms with E-state index in [4.69, 9.17) is 0 Å². The minimum absolute atomic E-state index is 0.0505. The van der Waals surface area contributed by atoms with Crippen molar-refractivity contribution in [2.45, 2.75) is 34.1 Å². The average molecular weight is 209 g/mol. The Bertz CT molecular complexity index is 336. The molecule has 1 aromatic rings. The van der Waals surface area contributed by atoms with Crippen LogP contribution < -0.4 is 5.32 Å². The van der Waals surface area contributed by atoms with Crippen LogP contribution in [0.25, 0.3) is 0 Å². The molecule has 0 radical (unpaired) electrons. The number of nitrogens with one attached hydrogen (secondary N) is 2. The van der Waals surface area contributed by atoms with E-state index in [0.29, 0.717) is 12.1 Å². The lowest BCUT2D eigenvalue weighted by Gasteiger charge is -2.17. The molecule has 0 atom stereocenters. The molecule has 0 aromatic carbocycles. The molecule has 0 aliphatic heterocycles. The smallest absolute Gasteiger partial charge is 0.254 e. The van der Waals surface area contributed by atoms with Crippen molar-refractivity contribution in [3.05, 3.63) is 17.5 Å². The van der Waals surface area contributed by atoms with Crippen LogP contribution in [0, 0.1) is 12.3 Å². The number of aryl methyl sites for hydroxylation is 1. The van der Waals surface area contributed by atoms with Gasteiger partial charge in [-0.25, -0.2) is 0 Å². The van der Waals surface area contributed by atoms with Gasteiger partial charge in [-0.3, -0.25) is 9.89 Å². The van der Waals surface area contributed by atoms with E-state index < -0.39 is 0 Å². The van der Waals surface area contributed by atoms with Crippen molar-refractivity contribution in [2.24, 2.45) is 5.41 Å². The van der Waals surface area contributed by atoms with Crippen molar-refractivity contribution < 1.29 is 4.79 Å². The Morgan fingerprint density at radius 3 is 2.67 bits per heavy atom. The first-order chi connectivity index (χ1) is 6.90. The lowest BCUT2D eigenvalue weighted by molar-refractivity contribution is 0.0949. The summed E-state index contributed by atoms with van der Waals surface area (Å²) in [6, 6.07) is 0. The molecule has 2 N–H and O–H groups in total. The molecule has 15 heavy (non-hydrogen) atoms. The number of hydrogen-bond donors (Lipinski definition) is 2. The van der Waals surface area contributed by atoms with Crippen molar-refractivity contribution in [1.82, 2.24) is 15.5 Å². The average Bonchev–Trinajstić information content (AvgIpc) is 2.48. The highest BCUT2D eigenvalue weighted by Crippen LogP contribution is 2.17. The highest BCUT2D eigenvalue weighted by molar-refractivity contribution is 5.94. The van der Waals surface area contributed by atoms with Crippen molar-refractivity contribution in [1.29, 1.82) is 0 Å². The highest BCUT2D eigenvalue weighted by atomic mass is 16.1. The molecule has 0 fully saturated rings. The second-order valence-corrected chi connectivity index (χ2v) is 4.98. The summed E-state index contributed by atoms with van der Waals surface area (Å²) in [6.45, 7) is 9.01. The molecule has 4 nitrogen and oxygen atoms in total. The molecule has 4 heteroatoms. The Kier molecular flexibility index (Phi) is 3.50. The zero-order valence-electron chi connectivity index (χ0n) is 9.85. The lowest BCUT2D eigenvalue weighted by atomic mass is 9.92. The number of H-pyrrole nitrogens is 1. The van der Waals surface area contributed by atoms with E-state index >= 15 is 0 Å². The lowest BCUT2D eigenvalue weighted by Crippen LogP contribution is -2.27. The van der Waals surface area contributed by atoms with Gasteiger partial charge in [0.1, 0.15) is 0 Å². The van der Waals surface area contributed by atoms with Crippen molar-refractivity contribution in [2.75, 3.05) is 6.54 Å². The van der Waals surface area contributed by atoms with Gasteiger partial charge in [-0.2, -0.15) is 5.10 Å². The third-order valence-electron chi connectivity index (χ3n) is 2.24. The Morgan fingerprint density at radius 2 is 2.20 bits per heavy atom. The molecule has 0 spiro atoms. The number of nitrogens with zero attached hydrogens (tertiary/aromatic N) is 1. The minimum Gasteiger partial charge on any atom is -0.352 e. The first kappa shape index (κ1) is 11.8. The van der Waals surface area contributed by atoms with Crippen LogP contribution in [0.3, 0.4) is 0 Å². The molecule has 0 aliphatic rings. The van der Waals surface area contributed by atoms with E-state index in [2.05, 4.69) is 36.3 Å². The fourth-order valence-electron chi connectivity index (χ4n) is 1.23. The third-order valence-corrected chi connectivity index (χ3v) is 2.24. The highest BCUT2D eigenvalue weighted by Gasteiger charge is 2.13. The van der Waals surface area contributed by atoms with Gasteiger partial charge >= 0.3 is 0 Å². The van der Waals surface area contributed by atoms with Crippen LogP contribution >= 0.6 is 0 Å². The quantitative estimate of drug-likeness (QED) is 0.798. The number of hydrogen-bond acceptors (Lipinski definition) is 2. The fourth-order valence-corrected chi connectivity index (χ4v) is 1.23. The number of carbonyl (C=O) groups excluding carboxylic acids is 1. The van der Waals surface area contributed by atoms with Gasteiger partial charge in [0.25, 0.3) is 5.91 Å². The van der Waals surface area contributed by atoms with Crippen molar-refractivity contribution in [3.8, 4) is 0 Å². The fraction of sp³-hybridized carbons (Fsp3) is 0.636. The predicted octanol–water partition coefficient (Wildman–Crippen LogP) is 1.88. The molecule has 1 rings (SSSR count). The van der Waals surface area contributed by atoms with Gasteiger partial charge < -0.3 is 5.32 Å². The summed E-state index contributed by atoms with van der Waals surface area (Å²) < 4.78 is 0. The van der Waals surface area contributed by atoms with E-state index in [1.807, 2.05) is 6.92 Å². The van der Waals surface area contributed by atoms with Gasteiger partial charge in [0.2, 0.25) is 0 Å². The van der Waals surface area contributed by atoms with Crippen LogP contribution in [0.2, 0.25) is 0 Å². The Morgan fingerprint density at radius 1 is 1.53 bits per heavy atom. The molecule has 0 bridgehead atoms. The Hall–Kier alpha value is -1.32. The van der Waals surface area contributed by atoms with E-state index in [1.165, 1.54) is 0 Å². The van der Waals surface area contributed by atoms with Crippen LogP contribution in [0.1, 0.15) is 43.2 Å². The van der Waals surface area contributed by atoms with Gasteiger partial charge in [0, 0.05) is 12.2 Å². The summed E-state index contributed by atoms with van der Waals surface area (Å²) in [6.07, 6.45) is 2.53. The summed E-state index contributed by atoms with van der Waals surface area (Å²) in [5.41, 5.74) is 1.69. The molecule has 0 saturated carbocycles. The number of rotatable bonds is 3. The van der Waals surface area contributed by atoms with Crippen molar-refractivity contribution >= 4 is 5.91 Å². The Labute approximate surface area is 90.5 Å². The van der Waals surface area contributed by atoms with E-state index in [1.54, 1.807) is 6.20 Å². The van der Waals surface area contributed by atoms with Gasteiger partial charge in [-0.1, -0.05) is 20.8 Å². The van der Waals surface area contributed by atoms with Crippen LogP contribution in [0.15, 0.2) is 6.20 Å². The van der Waals surface area contributed by atoms with Gasteiger partial charge in [0.15, 0.2) is 0 Å². The first-order valence-electron chi connectivity index (χ1n) is 5.18. The molecule has 0 aliphatic carbocycles. The molecule has 1 heterocycles. The normalized spacial score (nSPS) is 11.5.